The van der Waals surface area contributed by atoms with E-state index in [2.05, 4.69) is 22.0 Å². The predicted molar refractivity (Wildman–Crippen MR) is 147 cm³/mol. The van der Waals surface area contributed by atoms with E-state index >= 15 is 0 Å². The normalized spacial score (nSPS) is 17.9. The molecule has 2 aromatic carbocycles. The first-order valence-corrected chi connectivity index (χ1v) is 12.7. The fourth-order valence-electron chi connectivity index (χ4n) is 4.30. The van der Waals surface area contributed by atoms with E-state index in [1.54, 1.807) is 6.07 Å². The van der Waals surface area contributed by atoms with Gasteiger partial charge in [-0.05, 0) is 73.6 Å². The molecule has 0 amide bonds. The highest BCUT2D eigenvalue weighted by molar-refractivity contribution is 7.80. The second-order valence-electron chi connectivity index (χ2n) is 8.94. The van der Waals surface area contributed by atoms with Crippen LogP contribution >= 0.6 is 35.4 Å². The van der Waals surface area contributed by atoms with Crippen LogP contribution in [0.2, 0.25) is 10.0 Å². The summed E-state index contributed by atoms with van der Waals surface area (Å²) in [7, 11) is 4.03. The Morgan fingerprint density at radius 3 is 2.53 bits per heavy atom. The van der Waals surface area contributed by atoms with Gasteiger partial charge in [0.25, 0.3) is 0 Å². The number of rotatable bonds is 7. The third-order valence-corrected chi connectivity index (χ3v) is 7.07. The molecule has 1 heterocycles. The van der Waals surface area contributed by atoms with E-state index < -0.39 is 0 Å². The van der Waals surface area contributed by atoms with Gasteiger partial charge in [-0.1, -0.05) is 41.4 Å². The largest absolute Gasteiger partial charge is 0.362 e. The lowest BCUT2D eigenvalue weighted by atomic mass is 9.86. The van der Waals surface area contributed by atoms with Gasteiger partial charge in [0.15, 0.2) is 5.11 Å². The SMILES string of the molecule is CN(C)c1nc(NC2CCC(CNC(=S)NCc3ccc(Cl)cc3Cl)CC2)nc2ccccc12. The lowest BCUT2D eigenvalue weighted by molar-refractivity contribution is 0.336. The average Bonchev–Trinajstić information content (AvgIpc) is 2.82. The van der Waals surface area contributed by atoms with Gasteiger partial charge in [-0.2, -0.15) is 4.98 Å². The van der Waals surface area contributed by atoms with Crippen molar-refractivity contribution in [1.82, 2.24) is 20.6 Å². The minimum Gasteiger partial charge on any atom is -0.362 e. The fraction of sp³-hybridized carbons (Fsp3) is 0.400. The third-order valence-electron chi connectivity index (χ3n) is 6.19. The summed E-state index contributed by atoms with van der Waals surface area (Å²) in [5.74, 6) is 2.23. The summed E-state index contributed by atoms with van der Waals surface area (Å²) in [6.07, 6.45) is 4.43. The number of nitrogens with zero attached hydrogens (tertiary/aromatic N) is 3. The van der Waals surface area contributed by atoms with Crippen LogP contribution in [0.5, 0.6) is 0 Å². The zero-order chi connectivity index (χ0) is 24.1. The molecule has 34 heavy (non-hydrogen) atoms. The molecule has 0 atom stereocenters. The molecule has 0 spiro atoms. The predicted octanol–water partition coefficient (Wildman–Crippen LogP) is 5.64. The van der Waals surface area contributed by atoms with Crippen LogP contribution in [0.15, 0.2) is 42.5 Å². The van der Waals surface area contributed by atoms with Gasteiger partial charge in [-0.15, -0.1) is 0 Å². The Hall–Kier alpha value is -2.35. The number of hydrogen-bond acceptors (Lipinski definition) is 5. The standard InChI is InChI=1S/C25H30Cl2N6S/c1-33(2)23-20-5-3-4-6-22(20)31-24(32-23)30-19-11-7-16(8-12-19)14-28-25(34)29-15-17-9-10-18(26)13-21(17)27/h3-6,9-10,13,16,19H,7-8,11-12,14-15H2,1-2H3,(H2,28,29,34)(H,30,31,32). The number of para-hydroxylation sites is 1. The van der Waals surface area contributed by atoms with E-state index in [-0.39, 0.29) is 0 Å². The molecular weight excluding hydrogens is 487 g/mol. The molecule has 1 aliphatic rings. The first-order valence-electron chi connectivity index (χ1n) is 11.6. The van der Waals surface area contributed by atoms with E-state index in [1.807, 2.05) is 49.3 Å². The Bertz CT molecular complexity index is 1150. The molecule has 180 valence electrons. The summed E-state index contributed by atoms with van der Waals surface area (Å²) in [4.78, 5) is 11.6. The van der Waals surface area contributed by atoms with Gasteiger partial charge in [0.05, 0.1) is 5.52 Å². The van der Waals surface area contributed by atoms with Crippen molar-refractivity contribution in [2.24, 2.45) is 5.92 Å². The zero-order valence-electron chi connectivity index (χ0n) is 19.4. The van der Waals surface area contributed by atoms with Crippen LogP contribution in [0, 0.1) is 5.92 Å². The van der Waals surface area contributed by atoms with Gasteiger partial charge in [0, 0.05) is 48.7 Å². The van der Waals surface area contributed by atoms with Crippen LogP contribution in [0.1, 0.15) is 31.2 Å². The van der Waals surface area contributed by atoms with E-state index in [0.717, 1.165) is 54.5 Å². The number of nitrogens with one attached hydrogen (secondary N) is 3. The molecule has 6 nitrogen and oxygen atoms in total. The van der Waals surface area contributed by atoms with E-state index in [0.29, 0.717) is 39.6 Å². The number of aromatic nitrogens is 2. The Morgan fingerprint density at radius 1 is 1.03 bits per heavy atom. The highest BCUT2D eigenvalue weighted by atomic mass is 35.5. The quantitative estimate of drug-likeness (QED) is 0.351. The Kier molecular flexibility index (Phi) is 8.29. The number of halogens is 2. The van der Waals surface area contributed by atoms with Gasteiger partial charge in [-0.3, -0.25) is 0 Å². The minimum atomic E-state index is 0.379. The van der Waals surface area contributed by atoms with Crippen molar-refractivity contribution in [3.05, 3.63) is 58.1 Å². The topological polar surface area (TPSA) is 65.1 Å². The maximum Gasteiger partial charge on any atom is 0.225 e. The maximum absolute atomic E-state index is 6.23. The number of fused-ring (bicyclic) bond motifs is 1. The summed E-state index contributed by atoms with van der Waals surface area (Å²) in [5.41, 5.74) is 1.93. The summed E-state index contributed by atoms with van der Waals surface area (Å²) in [6, 6.07) is 14.0. The smallest absolute Gasteiger partial charge is 0.225 e. The Balaban J connectivity index is 1.23. The van der Waals surface area contributed by atoms with Gasteiger partial charge in [-0.25, -0.2) is 4.98 Å². The molecule has 0 bridgehead atoms. The molecule has 0 unspecified atom stereocenters. The van der Waals surface area contributed by atoms with Gasteiger partial charge in [0.2, 0.25) is 5.95 Å². The maximum atomic E-state index is 6.23. The molecular formula is C25H30Cl2N6S. The number of thiocarbonyl (C=S) groups is 1. The van der Waals surface area contributed by atoms with Crippen LogP contribution in [-0.2, 0) is 6.54 Å². The fourth-order valence-corrected chi connectivity index (χ4v) is 4.93. The van der Waals surface area contributed by atoms with E-state index in [1.165, 1.54) is 0 Å². The van der Waals surface area contributed by atoms with Gasteiger partial charge < -0.3 is 20.9 Å². The lowest BCUT2D eigenvalue weighted by Gasteiger charge is -2.30. The van der Waals surface area contributed by atoms with Crippen LogP contribution in [-0.4, -0.2) is 41.8 Å². The third kappa shape index (κ3) is 6.40. The van der Waals surface area contributed by atoms with E-state index in [9.17, 15) is 0 Å². The van der Waals surface area contributed by atoms with Crippen LogP contribution in [0.3, 0.4) is 0 Å². The van der Waals surface area contributed by atoms with Crippen molar-refractivity contribution in [3.8, 4) is 0 Å². The monoisotopic (exact) mass is 516 g/mol. The Morgan fingerprint density at radius 2 is 1.79 bits per heavy atom. The van der Waals surface area contributed by atoms with Gasteiger partial charge in [0.1, 0.15) is 5.82 Å². The molecule has 0 aliphatic heterocycles. The second-order valence-corrected chi connectivity index (χ2v) is 10.2. The molecule has 4 rings (SSSR count). The highest BCUT2D eigenvalue weighted by Gasteiger charge is 2.22. The lowest BCUT2D eigenvalue weighted by Crippen LogP contribution is -2.39. The van der Waals surface area contributed by atoms with Crippen molar-refractivity contribution in [1.29, 1.82) is 0 Å². The van der Waals surface area contributed by atoms with E-state index in [4.69, 9.17) is 45.4 Å². The molecule has 9 heteroatoms. The van der Waals surface area contributed by atoms with Crippen LogP contribution in [0.4, 0.5) is 11.8 Å². The van der Waals surface area contributed by atoms with Gasteiger partial charge >= 0.3 is 0 Å². The van der Waals surface area contributed by atoms with Crippen LogP contribution < -0.4 is 20.9 Å². The summed E-state index contributed by atoms with van der Waals surface area (Å²) >= 11 is 17.6. The molecule has 1 aliphatic carbocycles. The molecule has 3 N–H and O–H groups in total. The molecule has 3 aromatic rings. The molecule has 1 saturated carbocycles. The van der Waals surface area contributed by atoms with Crippen molar-refractivity contribution in [2.45, 2.75) is 38.3 Å². The second kappa shape index (κ2) is 11.4. The molecule has 0 radical (unpaired) electrons. The van der Waals surface area contributed by atoms with Crippen molar-refractivity contribution >= 4 is 63.2 Å². The first-order chi connectivity index (χ1) is 16.4. The minimum absolute atomic E-state index is 0.379. The average molecular weight is 518 g/mol. The number of hydrogen-bond donors (Lipinski definition) is 3. The highest BCUT2D eigenvalue weighted by Crippen LogP contribution is 2.28. The van der Waals surface area contributed by atoms with Crippen molar-refractivity contribution in [2.75, 3.05) is 30.9 Å². The number of benzene rings is 2. The van der Waals surface area contributed by atoms with Crippen molar-refractivity contribution < 1.29 is 0 Å². The number of anilines is 2. The van der Waals surface area contributed by atoms with Crippen molar-refractivity contribution in [3.63, 3.8) is 0 Å². The summed E-state index contributed by atoms with van der Waals surface area (Å²) in [5, 5.41) is 13.1. The molecule has 1 fully saturated rings. The summed E-state index contributed by atoms with van der Waals surface area (Å²) in [6.45, 7) is 1.43. The molecule has 0 saturated heterocycles. The zero-order valence-corrected chi connectivity index (χ0v) is 21.8. The van der Waals surface area contributed by atoms with Crippen LogP contribution in [0.25, 0.3) is 10.9 Å². The first kappa shape index (κ1) is 24.8. The molecule has 1 aromatic heterocycles. The summed E-state index contributed by atoms with van der Waals surface area (Å²) < 4.78 is 0. The Labute approximate surface area is 216 Å².